The number of Topliss-reactive ketones (excluding diaryl/α,β-unsaturated/α-hetero) is 2. The minimum absolute atomic E-state index is 0.0533. The molecule has 0 atom stereocenters. The van der Waals surface area contributed by atoms with Crippen molar-refractivity contribution in [2.24, 2.45) is 0 Å². The first-order valence-electron chi connectivity index (χ1n) is 6.70. The van der Waals surface area contributed by atoms with E-state index in [1.165, 1.54) is 0 Å². The first kappa shape index (κ1) is 18.7. The summed E-state index contributed by atoms with van der Waals surface area (Å²) in [7, 11) is 0. The summed E-state index contributed by atoms with van der Waals surface area (Å²) in [6.07, 6.45) is -2.30. The first-order chi connectivity index (χ1) is 9.19. The van der Waals surface area contributed by atoms with Gasteiger partial charge in [-0.05, 0) is 13.3 Å². The second-order valence-corrected chi connectivity index (χ2v) is 4.73. The number of alkyl halides is 3. The summed E-state index contributed by atoms with van der Waals surface area (Å²) in [5.74, 6) is -3.09. The van der Waals surface area contributed by atoms with E-state index in [2.05, 4.69) is 0 Å². The molecule has 0 unspecified atom stereocenters. The lowest BCUT2D eigenvalue weighted by Crippen LogP contribution is -2.24. The third kappa shape index (κ3) is 7.96. The van der Waals surface area contributed by atoms with Crippen LogP contribution < -0.4 is 5.11 Å². The number of rotatable bonds is 9. The van der Waals surface area contributed by atoms with Crippen molar-refractivity contribution in [3.63, 3.8) is 0 Å². The molecule has 0 aliphatic heterocycles. The van der Waals surface area contributed by atoms with E-state index in [1.54, 1.807) is 0 Å². The van der Waals surface area contributed by atoms with Gasteiger partial charge in [-0.3, -0.25) is 9.59 Å². The molecule has 20 heavy (non-hydrogen) atoms. The molecular weight excluding hydrogens is 273 g/mol. The monoisotopic (exact) mass is 293 g/mol. The number of ketones is 2. The Hall–Kier alpha value is -1.33. The standard InChI is InChI=1S/C14H21F3O3/c1-3-4-5-6-7-8-11(19)13(10(2)18)12(20)9-14(15,16)17/h19H,3-9H2,1-2H3/p-1. The molecule has 6 heteroatoms. The van der Waals surface area contributed by atoms with Crippen LogP contribution in [0.1, 0.15) is 58.8 Å². The molecule has 0 aromatic carbocycles. The van der Waals surface area contributed by atoms with Crippen molar-refractivity contribution in [3.05, 3.63) is 11.3 Å². The van der Waals surface area contributed by atoms with Crippen LogP contribution in [0.5, 0.6) is 0 Å². The highest BCUT2D eigenvalue weighted by Crippen LogP contribution is 2.23. The number of carbonyl (C=O) groups excluding carboxylic acids is 2. The lowest BCUT2D eigenvalue weighted by Gasteiger charge is -2.17. The summed E-state index contributed by atoms with van der Waals surface area (Å²) in [5.41, 5.74) is -0.821. The summed E-state index contributed by atoms with van der Waals surface area (Å²) in [5, 5.41) is 11.7. The number of unbranched alkanes of at least 4 members (excludes halogenated alkanes) is 4. The van der Waals surface area contributed by atoms with E-state index in [-0.39, 0.29) is 6.42 Å². The molecule has 0 radical (unpaired) electrons. The SMILES string of the molecule is CCCCCCCC([O-])=C(C(C)=O)C(=O)CC(F)(F)F. The van der Waals surface area contributed by atoms with Gasteiger partial charge in [-0.2, -0.15) is 13.2 Å². The van der Waals surface area contributed by atoms with Gasteiger partial charge in [0, 0.05) is 5.57 Å². The van der Waals surface area contributed by atoms with Crippen LogP contribution in [-0.4, -0.2) is 17.7 Å². The molecule has 0 fully saturated rings. The van der Waals surface area contributed by atoms with Crippen molar-refractivity contribution < 1.29 is 27.9 Å². The third-order valence-corrected chi connectivity index (χ3v) is 2.78. The molecule has 0 aromatic heterocycles. The smallest absolute Gasteiger partial charge is 0.396 e. The van der Waals surface area contributed by atoms with E-state index in [9.17, 15) is 27.9 Å². The Labute approximate surface area is 116 Å². The molecule has 0 N–H and O–H groups in total. The third-order valence-electron chi connectivity index (χ3n) is 2.78. The molecule has 0 aliphatic rings. The molecule has 0 saturated carbocycles. The summed E-state index contributed by atoms with van der Waals surface area (Å²) in [4.78, 5) is 22.6. The van der Waals surface area contributed by atoms with E-state index in [0.717, 1.165) is 32.6 Å². The largest absolute Gasteiger partial charge is 0.875 e. The zero-order valence-corrected chi connectivity index (χ0v) is 11.8. The zero-order chi connectivity index (χ0) is 15.8. The Kier molecular flexibility index (Phi) is 8.18. The normalized spacial score (nSPS) is 13.1. The molecule has 0 spiro atoms. The van der Waals surface area contributed by atoms with E-state index < -0.39 is 35.5 Å². The molecule has 0 aliphatic carbocycles. The number of carbonyl (C=O) groups is 2. The van der Waals surface area contributed by atoms with Gasteiger partial charge in [-0.25, -0.2) is 0 Å². The van der Waals surface area contributed by atoms with Gasteiger partial charge >= 0.3 is 6.18 Å². The number of halogens is 3. The maximum absolute atomic E-state index is 12.1. The second-order valence-electron chi connectivity index (χ2n) is 4.73. The van der Waals surface area contributed by atoms with Gasteiger partial charge in [0.2, 0.25) is 0 Å². The summed E-state index contributed by atoms with van der Waals surface area (Å²) in [6.45, 7) is 2.97. The molecule has 0 heterocycles. The molecule has 0 saturated heterocycles. The topological polar surface area (TPSA) is 57.2 Å². The maximum atomic E-state index is 12.1. The fourth-order valence-corrected chi connectivity index (χ4v) is 1.83. The molecule has 116 valence electrons. The van der Waals surface area contributed by atoms with Gasteiger partial charge in [-0.1, -0.05) is 39.0 Å². The summed E-state index contributed by atoms with van der Waals surface area (Å²) >= 11 is 0. The second kappa shape index (κ2) is 8.76. The Bertz CT molecular complexity index is 370. The van der Waals surface area contributed by atoms with Gasteiger partial charge in [0.05, 0.1) is 0 Å². The summed E-state index contributed by atoms with van der Waals surface area (Å²) < 4.78 is 36.4. The number of hydrogen-bond donors (Lipinski definition) is 0. The molecule has 0 aromatic rings. The molecule has 3 nitrogen and oxygen atoms in total. The average Bonchev–Trinajstić information content (AvgIpc) is 2.25. The lowest BCUT2D eigenvalue weighted by molar-refractivity contribution is -0.308. The predicted octanol–water partition coefficient (Wildman–Crippen LogP) is 3.07. The van der Waals surface area contributed by atoms with E-state index in [0.29, 0.717) is 6.42 Å². The Morgan fingerprint density at radius 1 is 1.05 bits per heavy atom. The maximum Gasteiger partial charge on any atom is 0.396 e. The zero-order valence-electron chi connectivity index (χ0n) is 11.8. The van der Waals surface area contributed by atoms with Crippen LogP contribution >= 0.6 is 0 Å². The van der Waals surface area contributed by atoms with Gasteiger partial charge in [0.15, 0.2) is 11.6 Å². The Balaban J connectivity index is 4.66. The predicted molar refractivity (Wildman–Crippen MR) is 66.8 cm³/mol. The van der Waals surface area contributed by atoms with E-state index in [1.807, 2.05) is 6.92 Å². The lowest BCUT2D eigenvalue weighted by atomic mass is 10.00. The van der Waals surface area contributed by atoms with Crippen LogP contribution in [0.4, 0.5) is 13.2 Å². The van der Waals surface area contributed by atoms with Crippen molar-refractivity contribution in [3.8, 4) is 0 Å². The molecular formula is C14H20F3O3-. The quantitative estimate of drug-likeness (QED) is 0.216. The number of hydrogen-bond acceptors (Lipinski definition) is 3. The first-order valence-corrected chi connectivity index (χ1v) is 6.70. The Morgan fingerprint density at radius 2 is 1.60 bits per heavy atom. The van der Waals surface area contributed by atoms with Crippen LogP contribution in [0, 0.1) is 0 Å². The van der Waals surface area contributed by atoms with Crippen LogP contribution in [0.2, 0.25) is 0 Å². The molecule has 0 amide bonds. The van der Waals surface area contributed by atoms with Crippen molar-refractivity contribution in [2.45, 2.75) is 65.0 Å². The minimum atomic E-state index is -4.71. The Morgan fingerprint density at radius 3 is 2.05 bits per heavy atom. The fourth-order valence-electron chi connectivity index (χ4n) is 1.83. The van der Waals surface area contributed by atoms with Gasteiger partial charge in [-0.15, -0.1) is 5.76 Å². The highest BCUT2D eigenvalue weighted by Gasteiger charge is 2.33. The van der Waals surface area contributed by atoms with Crippen LogP contribution in [0.3, 0.4) is 0 Å². The minimum Gasteiger partial charge on any atom is -0.875 e. The van der Waals surface area contributed by atoms with Crippen molar-refractivity contribution >= 4 is 11.6 Å². The highest BCUT2D eigenvalue weighted by molar-refractivity contribution is 6.19. The van der Waals surface area contributed by atoms with Crippen LogP contribution in [0.15, 0.2) is 11.3 Å². The van der Waals surface area contributed by atoms with Crippen molar-refractivity contribution in [1.29, 1.82) is 0 Å². The van der Waals surface area contributed by atoms with E-state index >= 15 is 0 Å². The van der Waals surface area contributed by atoms with Crippen molar-refractivity contribution in [1.82, 2.24) is 0 Å². The fraction of sp³-hybridized carbons (Fsp3) is 0.714. The van der Waals surface area contributed by atoms with Gasteiger partial charge < -0.3 is 5.11 Å². The van der Waals surface area contributed by atoms with Crippen LogP contribution in [-0.2, 0) is 9.59 Å². The average molecular weight is 293 g/mol. The number of allylic oxidation sites excluding steroid dienone is 2. The van der Waals surface area contributed by atoms with Gasteiger partial charge in [0.25, 0.3) is 0 Å². The van der Waals surface area contributed by atoms with Gasteiger partial charge in [0.1, 0.15) is 6.42 Å². The van der Waals surface area contributed by atoms with Crippen LogP contribution in [0.25, 0.3) is 0 Å². The van der Waals surface area contributed by atoms with E-state index in [4.69, 9.17) is 0 Å². The van der Waals surface area contributed by atoms with Crippen molar-refractivity contribution in [2.75, 3.05) is 0 Å². The molecule has 0 bridgehead atoms. The molecule has 0 rings (SSSR count). The summed E-state index contributed by atoms with van der Waals surface area (Å²) in [6, 6.07) is 0. The highest BCUT2D eigenvalue weighted by atomic mass is 19.4.